The molecule has 0 unspecified atom stereocenters. The van der Waals surface area contributed by atoms with Gasteiger partial charge in [-0.15, -0.1) is 11.3 Å². The van der Waals surface area contributed by atoms with Crippen LogP contribution in [0, 0.1) is 0 Å². The second kappa shape index (κ2) is 4.54. The van der Waals surface area contributed by atoms with Crippen molar-refractivity contribution in [3.8, 4) is 16.4 Å². The Hall–Kier alpha value is -2.53. The molecule has 0 radical (unpaired) electrons. The molecule has 20 heavy (non-hydrogen) atoms. The van der Waals surface area contributed by atoms with Gasteiger partial charge in [0, 0.05) is 12.4 Å². The summed E-state index contributed by atoms with van der Waals surface area (Å²) in [5.74, 6) is 0.904. The molecule has 0 amide bonds. The van der Waals surface area contributed by atoms with Crippen LogP contribution < -0.4 is 0 Å². The molecule has 0 N–H and O–H groups in total. The third kappa shape index (κ3) is 1.71. The van der Waals surface area contributed by atoms with Crippen LogP contribution in [0.5, 0.6) is 0 Å². The summed E-state index contributed by atoms with van der Waals surface area (Å²) in [6.07, 6.45) is 5.38. The number of hydrogen-bond donors (Lipinski definition) is 0. The molecule has 5 heteroatoms. The van der Waals surface area contributed by atoms with Crippen LogP contribution in [0.3, 0.4) is 0 Å². The first-order valence-electron chi connectivity index (χ1n) is 6.21. The molecule has 4 aromatic rings. The molecule has 0 bridgehead atoms. The molecule has 0 saturated heterocycles. The third-order valence-corrected chi connectivity index (χ3v) is 3.93. The fraction of sp³-hybridized carbons (Fsp3) is 0. The van der Waals surface area contributed by atoms with Crippen LogP contribution in [-0.2, 0) is 0 Å². The maximum absolute atomic E-state index is 4.71. The van der Waals surface area contributed by atoms with Gasteiger partial charge in [0.25, 0.3) is 0 Å². The van der Waals surface area contributed by atoms with E-state index in [1.165, 1.54) is 0 Å². The van der Waals surface area contributed by atoms with Crippen molar-refractivity contribution < 1.29 is 0 Å². The summed E-state index contributed by atoms with van der Waals surface area (Å²) >= 11 is 1.67. The van der Waals surface area contributed by atoms with Crippen LogP contribution in [0.1, 0.15) is 0 Å². The van der Waals surface area contributed by atoms with E-state index in [2.05, 4.69) is 21.4 Å². The molecular weight excluding hydrogens is 268 g/mol. The highest BCUT2D eigenvalue weighted by atomic mass is 32.1. The average Bonchev–Trinajstić information content (AvgIpc) is 3.15. The standard InChI is InChI=1S/C15H10N4S/c1-4-11(10-16-7-1)19-14-12(5-2-8-17-14)18-15(19)13-6-3-9-20-13/h1-10H. The Morgan fingerprint density at radius 3 is 2.75 bits per heavy atom. The number of rotatable bonds is 2. The van der Waals surface area contributed by atoms with Gasteiger partial charge in [0.05, 0.1) is 16.8 Å². The van der Waals surface area contributed by atoms with Crippen molar-refractivity contribution in [2.45, 2.75) is 0 Å². The number of imidazole rings is 1. The summed E-state index contributed by atoms with van der Waals surface area (Å²) in [5, 5.41) is 2.05. The molecule has 0 aliphatic carbocycles. The number of pyridine rings is 2. The molecule has 0 fully saturated rings. The van der Waals surface area contributed by atoms with E-state index in [9.17, 15) is 0 Å². The molecule has 4 nitrogen and oxygen atoms in total. The molecule has 0 spiro atoms. The molecule has 0 atom stereocenters. The lowest BCUT2D eigenvalue weighted by Gasteiger charge is -2.06. The fourth-order valence-corrected chi connectivity index (χ4v) is 2.92. The van der Waals surface area contributed by atoms with Gasteiger partial charge >= 0.3 is 0 Å². The van der Waals surface area contributed by atoms with Crippen molar-refractivity contribution in [2.24, 2.45) is 0 Å². The van der Waals surface area contributed by atoms with Crippen LogP contribution in [0.2, 0.25) is 0 Å². The van der Waals surface area contributed by atoms with Crippen molar-refractivity contribution >= 4 is 22.5 Å². The number of thiophene rings is 1. The average molecular weight is 278 g/mol. The molecule has 0 saturated carbocycles. The Balaban J connectivity index is 2.09. The minimum Gasteiger partial charge on any atom is -0.274 e. The largest absolute Gasteiger partial charge is 0.274 e. The summed E-state index contributed by atoms with van der Waals surface area (Å²) in [7, 11) is 0. The molecule has 4 rings (SSSR count). The lowest BCUT2D eigenvalue weighted by molar-refractivity contribution is 1.06. The zero-order chi connectivity index (χ0) is 13.4. The maximum Gasteiger partial charge on any atom is 0.165 e. The Morgan fingerprint density at radius 1 is 1.00 bits per heavy atom. The fourth-order valence-electron chi connectivity index (χ4n) is 2.21. The highest BCUT2D eigenvalue weighted by Crippen LogP contribution is 2.29. The van der Waals surface area contributed by atoms with Gasteiger partial charge in [-0.2, -0.15) is 0 Å². The zero-order valence-corrected chi connectivity index (χ0v) is 11.3. The van der Waals surface area contributed by atoms with Gasteiger partial charge in [0.15, 0.2) is 11.5 Å². The summed E-state index contributed by atoms with van der Waals surface area (Å²) in [6, 6.07) is 11.9. The maximum atomic E-state index is 4.71. The molecule has 4 heterocycles. The summed E-state index contributed by atoms with van der Waals surface area (Å²) in [5.41, 5.74) is 2.71. The van der Waals surface area contributed by atoms with E-state index in [1.54, 1.807) is 23.7 Å². The van der Waals surface area contributed by atoms with Crippen molar-refractivity contribution in [3.05, 3.63) is 60.4 Å². The molecular formula is C15H10N4S. The van der Waals surface area contributed by atoms with E-state index < -0.39 is 0 Å². The second-order valence-electron chi connectivity index (χ2n) is 4.31. The number of aromatic nitrogens is 4. The molecule has 0 aliphatic heterocycles. The SMILES string of the molecule is c1cncc(-n2c(-c3cccs3)nc3cccnc32)c1. The van der Waals surface area contributed by atoms with Crippen LogP contribution in [0.4, 0.5) is 0 Å². The van der Waals surface area contributed by atoms with Crippen LogP contribution in [-0.4, -0.2) is 19.5 Å². The lowest BCUT2D eigenvalue weighted by Crippen LogP contribution is -1.98. The monoisotopic (exact) mass is 278 g/mol. The van der Waals surface area contributed by atoms with Crippen molar-refractivity contribution in [1.29, 1.82) is 0 Å². The Labute approximate surface area is 119 Å². The zero-order valence-electron chi connectivity index (χ0n) is 10.5. The van der Waals surface area contributed by atoms with Gasteiger partial charge in [-0.05, 0) is 35.7 Å². The Morgan fingerprint density at radius 2 is 1.95 bits per heavy atom. The first-order valence-corrected chi connectivity index (χ1v) is 7.09. The topological polar surface area (TPSA) is 43.6 Å². The van der Waals surface area contributed by atoms with Gasteiger partial charge in [-0.25, -0.2) is 9.97 Å². The summed E-state index contributed by atoms with van der Waals surface area (Å²) < 4.78 is 2.05. The summed E-state index contributed by atoms with van der Waals surface area (Å²) in [4.78, 5) is 14.5. The van der Waals surface area contributed by atoms with Crippen LogP contribution in [0.15, 0.2) is 60.4 Å². The summed E-state index contributed by atoms with van der Waals surface area (Å²) in [6.45, 7) is 0. The minimum absolute atomic E-state index is 0.851. The first kappa shape index (κ1) is 11.3. The smallest absolute Gasteiger partial charge is 0.165 e. The van der Waals surface area contributed by atoms with E-state index in [0.717, 1.165) is 27.6 Å². The van der Waals surface area contributed by atoms with Crippen molar-refractivity contribution in [1.82, 2.24) is 19.5 Å². The minimum atomic E-state index is 0.851. The molecule has 96 valence electrons. The van der Waals surface area contributed by atoms with Crippen molar-refractivity contribution in [3.63, 3.8) is 0 Å². The van der Waals surface area contributed by atoms with E-state index in [0.29, 0.717) is 0 Å². The highest BCUT2D eigenvalue weighted by Gasteiger charge is 2.15. The predicted octanol–water partition coefficient (Wildman–Crippen LogP) is 3.54. The van der Waals surface area contributed by atoms with E-state index >= 15 is 0 Å². The van der Waals surface area contributed by atoms with Gasteiger partial charge in [0.1, 0.15) is 5.52 Å². The second-order valence-corrected chi connectivity index (χ2v) is 5.25. The van der Waals surface area contributed by atoms with Crippen LogP contribution in [0.25, 0.3) is 27.6 Å². The van der Waals surface area contributed by atoms with E-state index in [-0.39, 0.29) is 0 Å². The third-order valence-electron chi connectivity index (χ3n) is 3.06. The highest BCUT2D eigenvalue weighted by molar-refractivity contribution is 7.13. The Kier molecular flexibility index (Phi) is 2.57. The number of nitrogens with zero attached hydrogens (tertiary/aromatic N) is 4. The predicted molar refractivity (Wildman–Crippen MR) is 80.0 cm³/mol. The molecule has 0 aromatic carbocycles. The van der Waals surface area contributed by atoms with Gasteiger partial charge in [-0.1, -0.05) is 6.07 Å². The van der Waals surface area contributed by atoms with Gasteiger partial charge in [0.2, 0.25) is 0 Å². The number of fused-ring (bicyclic) bond motifs is 1. The van der Waals surface area contributed by atoms with E-state index in [4.69, 9.17) is 4.98 Å². The van der Waals surface area contributed by atoms with Gasteiger partial charge < -0.3 is 0 Å². The normalized spacial score (nSPS) is 11.0. The first-order chi connectivity index (χ1) is 9.93. The van der Waals surface area contributed by atoms with E-state index in [1.807, 2.05) is 41.1 Å². The lowest BCUT2D eigenvalue weighted by atomic mass is 10.3. The molecule has 4 aromatic heterocycles. The number of hydrogen-bond acceptors (Lipinski definition) is 4. The van der Waals surface area contributed by atoms with Gasteiger partial charge in [-0.3, -0.25) is 9.55 Å². The molecule has 0 aliphatic rings. The van der Waals surface area contributed by atoms with Crippen molar-refractivity contribution in [2.75, 3.05) is 0 Å². The van der Waals surface area contributed by atoms with Crippen LogP contribution >= 0.6 is 11.3 Å². The quantitative estimate of drug-likeness (QED) is 0.563. The Bertz CT molecular complexity index is 850.